The van der Waals surface area contributed by atoms with E-state index in [0.29, 0.717) is 22.2 Å². The van der Waals surface area contributed by atoms with Gasteiger partial charge in [-0.2, -0.15) is 0 Å². The number of aromatic nitrogens is 2. The highest BCUT2D eigenvalue weighted by Crippen LogP contribution is 2.29. The van der Waals surface area contributed by atoms with E-state index >= 15 is 0 Å². The van der Waals surface area contributed by atoms with Crippen molar-refractivity contribution < 1.29 is 14.6 Å². The molecular weight excluding hydrogens is 349 g/mol. The maximum atomic E-state index is 13.1. The number of aromatic hydroxyl groups is 1. The predicted octanol–water partition coefficient (Wildman–Crippen LogP) is 2.97. The molecule has 0 spiro atoms. The topological polar surface area (TPSA) is 128 Å². The Kier molecular flexibility index (Phi) is 5.09. The smallest absolute Gasteiger partial charge is 0.165 e. The maximum absolute atomic E-state index is 13.1. The molecule has 0 aliphatic carbocycles. The number of nitrogens with zero attached hydrogens (tertiary/aromatic N) is 3. The van der Waals surface area contributed by atoms with Crippen molar-refractivity contribution in [2.24, 2.45) is 10.7 Å². The standard InChI is InChI=1S/C19H18FN5O2/c1-10(21)8-16(22)24-18-14-7-6-13(26)9-15(14)23-19(25-18)17(27)11-2-4-12(20)5-3-11/h2-7,9,17,21,26-27H,8H2,1H3,(H2,22,23,24,25). The van der Waals surface area contributed by atoms with E-state index in [0.717, 1.165) is 0 Å². The van der Waals surface area contributed by atoms with E-state index in [1.807, 2.05) is 0 Å². The molecule has 27 heavy (non-hydrogen) atoms. The quantitative estimate of drug-likeness (QED) is 0.407. The number of halogens is 1. The van der Waals surface area contributed by atoms with Crippen molar-refractivity contribution in [3.05, 3.63) is 59.7 Å². The zero-order valence-electron chi connectivity index (χ0n) is 14.5. The van der Waals surface area contributed by atoms with Crippen LogP contribution in [0, 0.1) is 11.2 Å². The number of nitrogens with two attached hydrogens (primary N) is 1. The fraction of sp³-hybridized carbons (Fsp3) is 0.158. The Morgan fingerprint density at radius 1 is 1.22 bits per heavy atom. The van der Waals surface area contributed by atoms with Gasteiger partial charge in [0.1, 0.15) is 23.5 Å². The number of phenolic OH excluding ortho intramolecular Hbond substituents is 1. The predicted molar refractivity (Wildman–Crippen MR) is 101 cm³/mol. The van der Waals surface area contributed by atoms with Crippen LogP contribution in [0.4, 0.5) is 10.2 Å². The molecule has 138 valence electrons. The molecular formula is C19H18FN5O2. The third-order valence-corrected chi connectivity index (χ3v) is 3.80. The highest BCUT2D eigenvalue weighted by atomic mass is 19.1. The molecule has 1 aromatic heterocycles. The number of aliphatic imine (C=N–C) groups is 1. The number of hydrogen-bond acceptors (Lipinski definition) is 6. The van der Waals surface area contributed by atoms with Crippen LogP contribution in [0.5, 0.6) is 5.75 Å². The highest BCUT2D eigenvalue weighted by molar-refractivity contribution is 6.02. The summed E-state index contributed by atoms with van der Waals surface area (Å²) < 4.78 is 13.1. The Balaban J connectivity index is 2.13. The van der Waals surface area contributed by atoms with E-state index < -0.39 is 11.9 Å². The van der Waals surface area contributed by atoms with Crippen molar-refractivity contribution in [2.75, 3.05) is 0 Å². The van der Waals surface area contributed by atoms with E-state index in [2.05, 4.69) is 15.0 Å². The average Bonchev–Trinajstić information content (AvgIpc) is 2.60. The van der Waals surface area contributed by atoms with E-state index in [-0.39, 0.29) is 29.6 Å². The molecule has 0 saturated carbocycles. The molecule has 8 heteroatoms. The number of hydrogen-bond donors (Lipinski definition) is 4. The second kappa shape index (κ2) is 7.46. The lowest BCUT2D eigenvalue weighted by Crippen LogP contribution is -2.15. The summed E-state index contributed by atoms with van der Waals surface area (Å²) in [4.78, 5) is 12.9. The zero-order chi connectivity index (χ0) is 19.6. The van der Waals surface area contributed by atoms with Crippen LogP contribution in [-0.2, 0) is 0 Å². The molecule has 0 amide bonds. The first-order valence-corrected chi connectivity index (χ1v) is 8.14. The molecule has 0 bridgehead atoms. The molecule has 1 unspecified atom stereocenters. The van der Waals surface area contributed by atoms with E-state index in [9.17, 15) is 14.6 Å². The first-order chi connectivity index (χ1) is 12.8. The summed E-state index contributed by atoms with van der Waals surface area (Å²) in [5.41, 5.74) is 7.01. The van der Waals surface area contributed by atoms with Crippen LogP contribution in [-0.4, -0.2) is 31.7 Å². The summed E-state index contributed by atoms with van der Waals surface area (Å²) in [6.45, 7) is 1.61. The lowest BCUT2D eigenvalue weighted by Gasteiger charge is -2.12. The van der Waals surface area contributed by atoms with Crippen LogP contribution in [0.2, 0.25) is 0 Å². The van der Waals surface area contributed by atoms with Crippen molar-refractivity contribution in [1.29, 1.82) is 5.41 Å². The molecule has 0 fully saturated rings. The van der Waals surface area contributed by atoms with E-state index in [1.54, 1.807) is 13.0 Å². The van der Waals surface area contributed by atoms with E-state index in [1.165, 1.54) is 36.4 Å². The number of phenols is 1. The molecule has 5 N–H and O–H groups in total. The van der Waals surface area contributed by atoms with Crippen LogP contribution >= 0.6 is 0 Å². The summed E-state index contributed by atoms with van der Waals surface area (Å²) in [5.74, 6) is 0.0302. The molecule has 0 aliphatic heterocycles. The summed E-state index contributed by atoms with van der Waals surface area (Å²) in [6.07, 6.45) is -1.03. The third kappa shape index (κ3) is 4.24. The summed E-state index contributed by atoms with van der Waals surface area (Å²) in [6, 6.07) is 9.83. The second-order valence-corrected chi connectivity index (χ2v) is 6.12. The summed E-state index contributed by atoms with van der Waals surface area (Å²) in [7, 11) is 0. The van der Waals surface area contributed by atoms with Gasteiger partial charge < -0.3 is 21.4 Å². The van der Waals surface area contributed by atoms with Crippen molar-refractivity contribution in [3.8, 4) is 5.75 Å². The van der Waals surface area contributed by atoms with Crippen LogP contribution in [0.3, 0.4) is 0 Å². The number of aliphatic hydroxyl groups is 1. The highest BCUT2D eigenvalue weighted by Gasteiger charge is 2.17. The Bertz CT molecular complexity index is 1030. The largest absolute Gasteiger partial charge is 0.508 e. The number of fused-ring (bicyclic) bond motifs is 1. The van der Waals surface area contributed by atoms with Gasteiger partial charge in [-0.3, -0.25) is 0 Å². The van der Waals surface area contributed by atoms with Gasteiger partial charge in [0.05, 0.1) is 5.52 Å². The first kappa shape index (κ1) is 18.4. The average molecular weight is 367 g/mol. The summed E-state index contributed by atoms with van der Waals surface area (Å²) in [5, 5.41) is 28.4. The minimum atomic E-state index is -1.21. The fourth-order valence-corrected chi connectivity index (χ4v) is 2.57. The molecule has 3 rings (SSSR count). The molecule has 0 saturated heterocycles. The second-order valence-electron chi connectivity index (χ2n) is 6.12. The van der Waals surface area contributed by atoms with Gasteiger partial charge in [-0.25, -0.2) is 19.4 Å². The molecule has 0 aliphatic rings. The lowest BCUT2D eigenvalue weighted by molar-refractivity contribution is 0.210. The molecule has 0 radical (unpaired) electrons. The Morgan fingerprint density at radius 2 is 1.93 bits per heavy atom. The third-order valence-electron chi connectivity index (χ3n) is 3.80. The molecule has 1 atom stereocenters. The van der Waals surface area contributed by atoms with Gasteiger partial charge in [0.15, 0.2) is 11.6 Å². The van der Waals surface area contributed by atoms with Gasteiger partial charge in [-0.15, -0.1) is 0 Å². The molecule has 7 nitrogen and oxygen atoms in total. The molecule has 3 aromatic rings. The maximum Gasteiger partial charge on any atom is 0.165 e. The van der Waals surface area contributed by atoms with E-state index in [4.69, 9.17) is 11.1 Å². The number of rotatable bonds is 5. The van der Waals surface area contributed by atoms with Crippen LogP contribution in [0.15, 0.2) is 47.5 Å². The van der Waals surface area contributed by atoms with Crippen molar-refractivity contribution in [2.45, 2.75) is 19.4 Å². The first-order valence-electron chi connectivity index (χ1n) is 8.14. The molecule has 1 heterocycles. The zero-order valence-corrected chi connectivity index (χ0v) is 14.5. The van der Waals surface area contributed by atoms with Crippen LogP contribution in [0.25, 0.3) is 10.9 Å². The SMILES string of the molecule is CC(=N)CC(N)=Nc1nc(C(O)c2ccc(F)cc2)nc2cc(O)ccc12. The number of aliphatic hydroxyl groups excluding tert-OH is 1. The Hall–Kier alpha value is -3.39. The van der Waals surface area contributed by atoms with Crippen LogP contribution < -0.4 is 5.73 Å². The van der Waals surface area contributed by atoms with Crippen LogP contribution in [0.1, 0.15) is 30.8 Å². The number of amidine groups is 1. The van der Waals surface area contributed by atoms with Gasteiger partial charge in [0, 0.05) is 23.6 Å². The van der Waals surface area contributed by atoms with Crippen molar-refractivity contribution in [3.63, 3.8) is 0 Å². The lowest BCUT2D eigenvalue weighted by atomic mass is 10.1. The molecule has 2 aromatic carbocycles. The fourth-order valence-electron chi connectivity index (χ4n) is 2.57. The normalized spacial score (nSPS) is 12.9. The minimum absolute atomic E-state index is 0.00154. The number of benzene rings is 2. The van der Waals surface area contributed by atoms with Gasteiger partial charge in [-0.1, -0.05) is 12.1 Å². The Labute approximate surface area is 154 Å². The van der Waals surface area contributed by atoms with Gasteiger partial charge in [0.25, 0.3) is 0 Å². The van der Waals surface area contributed by atoms with Crippen molar-refractivity contribution in [1.82, 2.24) is 9.97 Å². The van der Waals surface area contributed by atoms with Crippen molar-refractivity contribution >= 4 is 28.3 Å². The minimum Gasteiger partial charge on any atom is -0.508 e. The summed E-state index contributed by atoms with van der Waals surface area (Å²) >= 11 is 0. The Morgan fingerprint density at radius 3 is 2.59 bits per heavy atom. The number of nitrogens with one attached hydrogen (secondary N) is 1. The van der Waals surface area contributed by atoms with Gasteiger partial charge in [0.2, 0.25) is 0 Å². The monoisotopic (exact) mass is 367 g/mol. The van der Waals surface area contributed by atoms with Gasteiger partial charge >= 0.3 is 0 Å². The van der Waals surface area contributed by atoms with Gasteiger partial charge in [-0.05, 0) is 36.8 Å².